The molecule has 0 bridgehead atoms. The highest BCUT2D eigenvalue weighted by molar-refractivity contribution is 5.95. The number of fused-ring (bicyclic) bond motifs is 1. The summed E-state index contributed by atoms with van der Waals surface area (Å²) in [5, 5.41) is 2.33. The van der Waals surface area contributed by atoms with E-state index in [9.17, 15) is 19.2 Å². The molecule has 2 amide bonds. The summed E-state index contributed by atoms with van der Waals surface area (Å²) < 4.78 is 10.4. The number of ether oxygens (including phenoxy) is 2. The van der Waals surface area contributed by atoms with E-state index in [-0.39, 0.29) is 25.5 Å². The lowest BCUT2D eigenvalue weighted by molar-refractivity contribution is -0.159. The lowest BCUT2D eigenvalue weighted by Crippen LogP contribution is -2.54. The summed E-state index contributed by atoms with van der Waals surface area (Å²) in [5.41, 5.74) is 0.821. The number of amides is 2. The number of aldehydes is 1. The first-order valence-corrected chi connectivity index (χ1v) is 7.49. The van der Waals surface area contributed by atoms with Crippen molar-refractivity contribution in [1.82, 2.24) is 10.2 Å². The van der Waals surface area contributed by atoms with E-state index in [2.05, 4.69) is 5.32 Å². The average molecular weight is 332 g/mol. The van der Waals surface area contributed by atoms with Gasteiger partial charge in [0.15, 0.2) is 5.78 Å². The monoisotopic (exact) mass is 332 g/mol. The highest BCUT2D eigenvalue weighted by Gasteiger charge is 2.54. The van der Waals surface area contributed by atoms with Crippen LogP contribution in [-0.4, -0.2) is 53.9 Å². The number of ketones is 1. The lowest BCUT2D eigenvalue weighted by Gasteiger charge is -2.34. The topological polar surface area (TPSA) is 102 Å². The number of nitrogens with zero attached hydrogens (tertiary/aromatic N) is 1. The van der Waals surface area contributed by atoms with E-state index >= 15 is 0 Å². The maximum absolute atomic E-state index is 12.1. The van der Waals surface area contributed by atoms with Gasteiger partial charge in [0, 0.05) is 0 Å². The molecule has 8 nitrogen and oxygen atoms in total. The van der Waals surface area contributed by atoms with Gasteiger partial charge in [-0.2, -0.15) is 0 Å². The van der Waals surface area contributed by atoms with Gasteiger partial charge < -0.3 is 24.5 Å². The minimum atomic E-state index is -1.05. The molecule has 1 N–H and O–H groups in total. The molecule has 1 aromatic carbocycles. The molecule has 0 saturated carbocycles. The lowest BCUT2D eigenvalue weighted by atomic mass is 10.0. The number of benzene rings is 1. The Morgan fingerprint density at radius 3 is 2.75 bits per heavy atom. The van der Waals surface area contributed by atoms with Crippen molar-refractivity contribution in [3.63, 3.8) is 0 Å². The summed E-state index contributed by atoms with van der Waals surface area (Å²) >= 11 is 0. The minimum absolute atomic E-state index is 0.0854. The van der Waals surface area contributed by atoms with Crippen LogP contribution >= 0.6 is 0 Å². The zero-order chi connectivity index (χ0) is 17.1. The largest absolute Gasteiger partial charge is 0.445 e. The predicted molar refractivity (Wildman–Crippen MR) is 79.6 cm³/mol. The van der Waals surface area contributed by atoms with Crippen LogP contribution in [0.4, 0.5) is 4.79 Å². The van der Waals surface area contributed by atoms with Crippen molar-refractivity contribution in [2.75, 3.05) is 6.54 Å². The van der Waals surface area contributed by atoms with Crippen LogP contribution < -0.4 is 5.32 Å². The summed E-state index contributed by atoms with van der Waals surface area (Å²) in [7, 11) is 0. The van der Waals surface area contributed by atoms with Gasteiger partial charge >= 0.3 is 6.09 Å². The molecule has 2 heterocycles. The highest BCUT2D eigenvalue weighted by atomic mass is 16.6. The van der Waals surface area contributed by atoms with Crippen LogP contribution in [0.25, 0.3) is 0 Å². The zero-order valence-corrected chi connectivity index (χ0v) is 12.7. The van der Waals surface area contributed by atoms with Gasteiger partial charge in [-0.05, 0) is 5.56 Å². The fraction of sp³-hybridized carbons (Fsp3) is 0.375. The Morgan fingerprint density at radius 2 is 2.08 bits per heavy atom. The van der Waals surface area contributed by atoms with E-state index in [0.717, 1.165) is 5.56 Å². The zero-order valence-electron chi connectivity index (χ0n) is 12.7. The Hall–Kier alpha value is -2.74. The van der Waals surface area contributed by atoms with Gasteiger partial charge in [0.2, 0.25) is 5.91 Å². The molecule has 3 unspecified atom stereocenters. The van der Waals surface area contributed by atoms with Gasteiger partial charge in [-0.1, -0.05) is 30.3 Å². The molecular formula is C16H16N2O6. The normalized spacial score (nSPS) is 24.8. The van der Waals surface area contributed by atoms with Crippen LogP contribution in [0.2, 0.25) is 0 Å². The van der Waals surface area contributed by atoms with E-state index in [1.54, 1.807) is 12.1 Å². The van der Waals surface area contributed by atoms with Gasteiger partial charge in [0.05, 0.1) is 13.0 Å². The average Bonchev–Trinajstić information content (AvgIpc) is 2.90. The number of Topliss-reactive ketones (excluding diaryl/α,β-unsaturated/α-hetero) is 1. The quantitative estimate of drug-likeness (QED) is 0.581. The Balaban J connectivity index is 1.46. The molecule has 2 aliphatic heterocycles. The molecule has 2 saturated heterocycles. The van der Waals surface area contributed by atoms with Crippen molar-refractivity contribution in [1.29, 1.82) is 0 Å². The number of nitrogens with one attached hydrogen (secondary N) is 1. The van der Waals surface area contributed by atoms with E-state index < -0.39 is 30.3 Å². The summed E-state index contributed by atoms with van der Waals surface area (Å²) in [5.74, 6) is -0.700. The standard InChI is InChI=1S/C16H16N2O6/c19-8-11-15(24-14-6-13(21)18(11)14)12(20)7-17-16(22)23-9-10-4-2-1-3-5-10/h1-5,8,11,14-15H,6-7,9H2,(H,17,22). The number of β-lactam (4-membered cyclic amide) rings is 1. The predicted octanol–water partition coefficient (Wildman–Crippen LogP) is 0.00660. The minimum Gasteiger partial charge on any atom is -0.445 e. The van der Waals surface area contributed by atoms with E-state index in [0.29, 0.717) is 6.29 Å². The fourth-order valence-corrected chi connectivity index (χ4v) is 2.71. The third kappa shape index (κ3) is 3.13. The van der Waals surface area contributed by atoms with E-state index in [1.807, 2.05) is 18.2 Å². The van der Waals surface area contributed by atoms with Gasteiger partial charge in [0.25, 0.3) is 0 Å². The van der Waals surface area contributed by atoms with Gasteiger partial charge in [-0.15, -0.1) is 0 Å². The maximum atomic E-state index is 12.1. The van der Waals surface area contributed by atoms with Gasteiger partial charge in [-0.3, -0.25) is 9.59 Å². The Labute approximate surface area is 137 Å². The van der Waals surface area contributed by atoms with Gasteiger partial charge in [0.1, 0.15) is 31.3 Å². The first-order chi connectivity index (χ1) is 11.6. The molecule has 3 atom stereocenters. The Bertz CT molecular complexity index is 662. The molecule has 3 rings (SSSR count). The summed E-state index contributed by atoms with van der Waals surface area (Å²) in [6.45, 7) is -0.251. The summed E-state index contributed by atoms with van der Waals surface area (Å²) in [6, 6.07) is 8.18. The van der Waals surface area contributed by atoms with Crippen LogP contribution in [0, 0.1) is 0 Å². The third-order valence-corrected chi connectivity index (χ3v) is 3.96. The Morgan fingerprint density at radius 1 is 1.33 bits per heavy atom. The van der Waals surface area contributed by atoms with Crippen molar-refractivity contribution in [3.8, 4) is 0 Å². The summed E-state index contributed by atoms with van der Waals surface area (Å²) in [6.07, 6.45) is -1.62. The summed E-state index contributed by atoms with van der Waals surface area (Å²) in [4.78, 5) is 47.5. The van der Waals surface area contributed by atoms with E-state index in [1.165, 1.54) is 4.90 Å². The van der Waals surface area contributed by atoms with Crippen LogP contribution in [0.1, 0.15) is 12.0 Å². The fourth-order valence-electron chi connectivity index (χ4n) is 2.71. The van der Waals surface area contributed by atoms with E-state index in [4.69, 9.17) is 9.47 Å². The molecule has 126 valence electrons. The molecule has 8 heteroatoms. The molecule has 1 aromatic rings. The molecular weight excluding hydrogens is 316 g/mol. The Kier molecular flexibility index (Phi) is 4.57. The number of hydrogen-bond acceptors (Lipinski definition) is 6. The second kappa shape index (κ2) is 6.79. The highest BCUT2D eigenvalue weighted by Crippen LogP contribution is 2.33. The van der Waals surface area contributed by atoms with Crippen molar-refractivity contribution in [2.24, 2.45) is 0 Å². The second-order valence-corrected chi connectivity index (χ2v) is 5.52. The van der Waals surface area contributed by atoms with Crippen LogP contribution in [0.15, 0.2) is 30.3 Å². The number of carbonyl (C=O) groups excluding carboxylic acids is 4. The molecule has 2 aliphatic rings. The molecule has 2 fully saturated rings. The van der Waals surface area contributed by atoms with Gasteiger partial charge in [-0.25, -0.2) is 4.79 Å². The molecule has 0 aliphatic carbocycles. The maximum Gasteiger partial charge on any atom is 0.407 e. The second-order valence-electron chi connectivity index (χ2n) is 5.52. The number of alkyl carbamates (subject to hydrolysis) is 1. The van der Waals surface area contributed by atoms with Crippen molar-refractivity contribution in [3.05, 3.63) is 35.9 Å². The van der Waals surface area contributed by atoms with Crippen molar-refractivity contribution < 1.29 is 28.7 Å². The van der Waals surface area contributed by atoms with Crippen LogP contribution in [0.5, 0.6) is 0 Å². The smallest absolute Gasteiger partial charge is 0.407 e. The third-order valence-electron chi connectivity index (χ3n) is 3.96. The number of carbonyl (C=O) groups is 4. The molecule has 0 spiro atoms. The first-order valence-electron chi connectivity index (χ1n) is 7.49. The molecule has 24 heavy (non-hydrogen) atoms. The van der Waals surface area contributed by atoms with Crippen molar-refractivity contribution in [2.45, 2.75) is 31.4 Å². The van der Waals surface area contributed by atoms with Crippen molar-refractivity contribution >= 4 is 24.1 Å². The number of rotatable bonds is 6. The SMILES string of the molecule is O=CC1C(C(=O)CNC(=O)OCc2ccccc2)OC2CC(=O)N21. The first kappa shape index (κ1) is 16.1. The van der Waals surface area contributed by atoms with Crippen LogP contribution in [-0.2, 0) is 30.5 Å². The number of hydrogen-bond donors (Lipinski definition) is 1. The molecule has 0 radical (unpaired) electrons. The molecule has 0 aromatic heterocycles. The van der Waals surface area contributed by atoms with Crippen LogP contribution in [0.3, 0.4) is 0 Å².